The van der Waals surface area contributed by atoms with Gasteiger partial charge in [-0.25, -0.2) is 9.78 Å². The van der Waals surface area contributed by atoms with Gasteiger partial charge in [0.15, 0.2) is 5.16 Å². The summed E-state index contributed by atoms with van der Waals surface area (Å²) in [6, 6.07) is 13.5. The minimum atomic E-state index is -1.02. The van der Waals surface area contributed by atoms with Gasteiger partial charge >= 0.3 is 5.97 Å². The molecule has 35 heavy (non-hydrogen) atoms. The van der Waals surface area contributed by atoms with E-state index in [1.807, 2.05) is 25.3 Å². The number of aryl methyl sites for hydroxylation is 1. The number of aromatic nitrogens is 2. The first-order valence-electron chi connectivity index (χ1n) is 10.8. The van der Waals surface area contributed by atoms with Gasteiger partial charge in [0.2, 0.25) is 5.91 Å². The molecule has 0 radical (unpaired) electrons. The van der Waals surface area contributed by atoms with E-state index in [1.165, 1.54) is 35.2 Å². The van der Waals surface area contributed by atoms with Crippen LogP contribution in [-0.4, -0.2) is 31.8 Å². The molecule has 2 heterocycles. The zero-order chi connectivity index (χ0) is 25.1. The van der Waals surface area contributed by atoms with E-state index in [2.05, 4.69) is 10.3 Å². The first-order chi connectivity index (χ1) is 16.8. The van der Waals surface area contributed by atoms with Crippen molar-refractivity contribution in [1.82, 2.24) is 9.55 Å². The maximum Gasteiger partial charge on any atom is 0.335 e. The Bertz CT molecular complexity index is 1460. The quantitative estimate of drug-likeness (QED) is 0.226. The third kappa shape index (κ3) is 5.58. The van der Waals surface area contributed by atoms with E-state index in [1.54, 1.807) is 34.9 Å². The van der Waals surface area contributed by atoms with Gasteiger partial charge in [-0.1, -0.05) is 48.5 Å². The Kier molecular flexibility index (Phi) is 7.59. The van der Waals surface area contributed by atoms with Crippen LogP contribution in [0.3, 0.4) is 0 Å². The van der Waals surface area contributed by atoms with Gasteiger partial charge in [0.1, 0.15) is 4.70 Å². The molecular formula is C25H22ClN3O4S2. The average molecular weight is 528 g/mol. The van der Waals surface area contributed by atoms with Crippen molar-refractivity contribution >= 4 is 62.5 Å². The van der Waals surface area contributed by atoms with Crippen LogP contribution in [0.4, 0.5) is 5.69 Å². The zero-order valence-corrected chi connectivity index (χ0v) is 21.3. The molecule has 180 valence electrons. The molecule has 0 fully saturated rings. The molecule has 4 aromatic rings. The van der Waals surface area contributed by atoms with Gasteiger partial charge in [-0.3, -0.25) is 14.2 Å². The fourth-order valence-corrected chi connectivity index (χ4v) is 5.44. The Morgan fingerprint density at radius 2 is 1.94 bits per heavy atom. The standard InChI is InChI=1S/C25H22ClN3O4S2/c1-3-20(22(30)27-19-12-17(26)9-4-14(19)2)35-25-28-18-10-11-34-21(18)23(31)29(25)13-15-5-7-16(8-6-15)24(32)33/h4-12,20H,3,13H2,1-2H3,(H,27,30)(H,32,33)/t20-/m1/s1. The van der Waals surface area contributed by atoms with Crippen molar-refractivity contribution < 1.29 is 14.7 Å². The van der Waals surface area contributed by atoms with E-state index >= 15 is 0 Å². The maximum atomic E-state index is 13.3. The molecule has 2 aromatic carbocycles. The Morgan fingerprint density at radius 1 is 1.20 bits per heavy atom. The van der Waals surface area contributed by atoms with Crippen LogP contribution in [0.5, 0.6) is 0 Å². The van der Waals surface area contributed by atoms with Crippen molar-refractivity contribution in [3.05, 3.63) is 86.0 Å². The number of halogens is 1. The number of fused-ring (bicyclic) bond motifs is 1. The van der Waals surface area contributed by atoms with E-state index in [9.17, 15) is 14.4 Å². The van der Waals surface area contributed by atoms with Crippen molar-refractivity contribution in [3.8, 4) is 0 Å². The lowest BCUT2D eigenvalue weighted by Gasteiger charge is -2.18. The van der Waals surface area contributed by atoms with Gasteiger partial charge in [0, 0.05) is 10.7 Å². The number of amides is 1. The van der Waals surface area contributed by atoms with Gasteiger partial charge in [-0.05, 0) is 60.2 Å². The van der Waals surface area contributed by atoms with Crippen LogP contribution >= 0.6 is 34.7 Å². The highest BCUT2D eigenvalue weighted by Gasteiger charge is 2.23. The smallest absolute Gasteiger partial charge is 0.335 e. The lowest BCUT2D eigenvalue weighted by molar-refractivity contribution is -0.115. The summed E-state index contributed by atoms with van der Waals surface area (Å²) < 4.78 is 2.07. The number of rotatable bonds is 8. The number of benzene rings is 2. The van der Waals surface area contributed by atoms with Gasteiger partial charge in [-0.15, -0.1) is 11.3 Å². The Labute approximate surface area is 214 Å². The number of hydrogen-bond acceptors (Lipinski definition) is 6. The predicted octanol–water partition coefficient (Wildman–Crippen LogP) is 5.68. The van der Waals surface area contributed by atoms with E-state index in [-0.39, 0.29) is 23.6 Å². The Morgan fingerprint density at radius 3 is 2.63 bits per heavy atom. The predicted molar refractivity (Wildman–Crippen MR) is 141 cm³/mol. The minimum Gasteiger partial charge on any atom is -0.478 e. The molecule has 0 saturated carbocycles. The highest BCUT2D eigenvalue weighted by atomic mass is 35.5. The molecule has 7 nitrogen and oxygen atoms in total. The van der Waals surface area contributed by atoms with E-state index in [0.717, 1.165) is 11.1 Å². The van der Waals surface area contributed by atoms with Crippen LogP contribution in [-0.2, 0) is 11.3 Å². The third-order valence-electron chi connectivity index (χ3n) is 5.44. The largest absolute Gasteiger partial charge is 0.478 e. The first-order valence-corrected chi connectivity index (χ1v) is 12.9. The SMILES string of the molecule is CC[C@@H](Sc1nc2ccsc2c(=O)n1Cc1ccc(C(=O)O)cc1)C(=O)Nc1cc(Cl)ccc1C. The van der Waals surface area contributed by atoms with Crippen LogP contribution in [0.2, 0.25) is 5.02 Å². The monoisotopic (exact) mass is 527 g/mol. The normalized spacial score (nSPS) is 12.0. The highest BCUT2D eigenvalue weighted by Crippen LogP contribution is 2.28. The molecule has 2 aromatic heterocycles. The summed E-state index contributed by atoms with van der Waals surface area (Å²) in [5, 5.41) is 14.4. The van der Waals surface area contributed by atoms with E-state index in [4.69, 9.17) is 16.7 Å². The number of thiophene rings is 1. The fourth-order valence-electron chi connectivity index (χ4n) is 3.48. The van der Waals surface area contributed by atoms with Gasteiger partial charge in [-0.2, -0.15) is 0 Å². The van der Waals surface area contributed by atoms with Crippen LogP contribution < -0.4 is 10.9 Å². The van der Waals surface area contributed by atoms with Gasteiger partial charge in [0.25, 0.3) is 5.56 Å². The molecule has 0 bridgehead atoms. The van der Waals surface area contributed by atoms with E-state index in [0.29, 0.717) is 32.5 Å². The zero-order valence-electron chi connectivity index (χ0n) is 18.9. The molecule has 0 unspecified atom stereocenters. The number of thioether (sulfide) groups is 1. The first kappa shape index (κ1) is 25.0. The summed E-state index contributed by atoms with van der Waals surface area (Å²) in [7, 11) is 0. The van der Waals surface area contributed by atoms with Crippen molar-refractivity contribution in [2.45, 2.75) is 37.2 Å². The van der Waals surface area contributed by atoms with Crippen molar-refractivity contribution in [2.24, 2.45) is 0 Å². The van der Waals surface area contributed by atoms with Crippen LogP contribution in [0, 0.1) is 6.92 Å². The summed E-state index contributed by atoms with van der Waals surface area (Å²) in [6.45, 7) is 3.99. The average Bonchev–Trinajstić information content (AvgIpc) is 3.31. The van der Waals surface area contributed by atoms with Crippen LogP contribution in [0.25, 0.3) is 10.2 Å². The molecule has 0 aliphatic carbocycles. The van der Waals surface area contributed by atoms with E-state index < -0.39 is 11.2 Å². The Hall–Kier alpha value is -3.14. The summed E-state index contributed by atoms with van der Waals surface area (Å²) in [4.78, 5) is 42.3. The lowest BCUT2D eigenvalue weighted by Crippen LogP contribution is -2.28. The number of aromatic carboxylic acids is 1. The molecule has 0 spiro atoms. The second kappa shape index (κ2) is 10.6. The molecule has 0 saturated heterocycles. The number of carboxylic acids is 1. The number of carbonyl (C=O) groups is 2. The van der Waals surface area contributed by atoms with Crippen molar-refractivity contribution in [1.29, 1.82) is 0 Å². The number of carboxylic acid groups (broad SMARTS) is 1. The molecule has 0 aliphatic heterocycles. The second-order valence-corrected chi connectivity index (χ2v) is 10.4. The maximum absolute atomic E-state index is 13.3. The topological polar surface area (TPSA) is 101 Å². The summed E-state index contributed by atoms with van der Waals surface area (Å²) in [5.74, 6) is -1.22. The molecule has 2 N–H and O–H groups in total. The van der Waals surface area contributed by atoms with Gasteiger partial charge < -0.3 is 10.4 Å². The minimum absolute atomic E-state index is 0.168. The van der Waals surface area contributed by atoms with Crippen molar-refractivity contribution in [3.63, 3.8) is 0 Å². The Balaban J connectivity index is 1.66. The third-order valence-corrected chi connectivity index (χ3v) is 7.92. The molecular weight excluding hydrogens is 506 g/mol. The molecule has 1 atom stereocenters. The lowest BCUT2D eigenvalue weighted by atomic mass is 10.1. The molecule has 10 heteroatoms. The number of anilines is 1. The number of nitrogens with one attached hydrogen (secondary N) is 1. The number of nitrogens with zero attached hydrogens (tertiary/aromatic N) is 2. The van der Waals surface area contributed by atoms with Crippen LogP contribution in [0.15, 0.2) is 63.9 Å². The van der Waals surface area contributed by atoms with Gasteiger partial charge in [0.05, 0.1) is 22.9 Å². The molecule has 1 amide bonds. The second-order valence-electron chi connectivity index (χ2n) is 7.89. The molecule has 4 rings (SSSR count). The molecule has 0 aliphatic rings. The number of hydrogen-bond donors (Lipinski definition) is 2. The summed E-state index contributed by atoms with van der Waals surface area (Å²) in [6.07, 6.45) is 0.515. The number of carbonyl (C=O) groups excluding carboxylic acids is 1. The fraction of sp³-hybridized carbons (Fsp3) is 0.200. The highest BCUT2D eigenvalue weighted by molar-refractivity contribution is 8.00. The summed E-state index contributed by atoms with van der Waals surface area (Å²) in [5.41, 5.74) is 2.84. The van der Waals surface area contributed by atoms with Crippen LogP contribution in [0.1, 0.15) is 34.8 Å². The van der Waals surface area contributed by atoms with Crippen molar-refractivity contribution in [2.75, 3.05) is 5.32 Å². The summed E-state index contributed by atoms with van der Waals surface area (Å²) >= 11 is 8.64.